The second-order valence-corrected chi connectivity index (χ2v) is 5.83. The van der Waals surface area contributed by atoms with Crippen molar-refractivity contribution in [3.8, 4) is 0 Å². The molecule has 1 nitrogen and oxygen atoms in total. The number of hydrogen-bond acceptors (Lipinski definition) is 1. The molecule has 2 aliphatic rings. The SMILES string of the molecule is C1=N/CCCCCCCCC/12CCCCC2. The fourth-order valence-corrected chi connectivity index (χ4v) is 3.35. The molecule has 0 saturated heterocycles. The summed E-state index contributed by atoms with van der Waals surface area (Å²) in [6.07, 6.45) is 19.4. The smallest absolute Gasteiger partial charge is 0.0385 e. The molecule has 92 valence electrons. The Bertz CT molecular complexity index is 213. The molecular weight excluding hydrogens is 194 g/mol. The van der Waals surface area contributed by atoms with E-state index in [0.29, 0.717) is 5.41 Å². The van der Waals surface area contributed by atoms with Gasteiger partial charge in [-0.2, -0.15) is 0 Å². The first-order chi connectivity index (χ1) is 7.91. The molecule has 0 aromatic heterocycles. The molecule has 1 aliphatic heterocycles. The number of nitrogens with zero attached hydrogens (tertiary/aromatic N) is 1. The lowest BCUT2D eigenvalue weighted by Gasteiger charge is -2.34. The Morgan fingerprint density at radius 1 is 0.625 bits per heavy atom. The fourth-order valence-electron chi connectivity index (χ4n) is 3.35. The van der Waals surface area contributed by atoms with Crippen LogP contribution in [0.3, 0.4) is 0 Å². The van der Waals surface area contributed by atoms with E-state index in [9.17, 15) is 0 Å². The number of rotatable bonds is 0. The van der Waals surface area contributed by atoms with Crippen LogP contribution in [-0.4, -0.2) is 12.8 Å². The van der Waals surface area contributed by atoms with Gasteiger partial charge in [0, 0.05) is 18.2 Å². The predicted molar refractivity (Wildman–Crippen MR) is 71.2 cm³/mol. The summed E-state index contributed by atoms with van der Waals surface area (Å²) in [6, 6.07) is 0. The molecule has 1 spiro atoms. The lowest BCUT2D eigenvalue weighted by Crippen LogP contribution is -2.26. The summed E-state index contributed by atoms with van der Waals surface area (Å²) in [5, 5.41) is 0. The van der Waals surface area contributed by atoms with Crippen molar-refractivity contribution < 1.29 is 0 Å². The van der Waals surface area contributed by atoms with Crippen molar-refractivity contribution in [1.29, 1.82) is 0 Å². The van der Waals surface area contributed by atoms with Gasteiger partial charge in [-0.05, 0) is 25.7 Å². The average Bonchev–Trinajstić information content (AvgIpc) is 2.37. The number of aliphatic imine (C=N–C) groups is 1. The molecule has 2 rings (SSSR count). The van der Waals surface area contributed by atoms with E-state index in [2.05, 4.69) is 6.21 Å². The van der Waals surface area contributed by atoms with Crippen LogP contribution in [0, 0.1) is 5.41 Å². The van der Waals surface area contributed by atoms with Crippen LogP contribution in [0.5, 0.6) is 0 Å². The average molecular weight is 221 g/mol. The van der Waals surface area contributed by atoms with Crippen LogP contribution >= 0.6 is 0 Å². The minimum atomic E-state index is 0.516. The lowest BCUT2D eigenvalue weighted by atomic mass is 9.72. The lowest BCUT2D eigenvalue weighted by molar-refractivity contribution is 0.263. The minimum Gasteiger partial charge on any atom is -0.297 e. The van der Waals surface area contributed by atoms with E-state index in [0.717, 1.165) is 6.54 Å². The molecule has 1 heteroatoms. The molecule has 1 aliphatic carbocycles. The third kappa shape index (κ3) is 3.61. The quantitative estimate of drug-likeness (QED) is 0.559. The van der Waals surface area contributed by atoms with Gasteiger partial charge >= 0.3 is 0 Å². The van der Waals surface area contributed by atoms with Crippen LogP contribution < -0.4 is 0 Å². The maximum Gasteiger partial charge on any atom is 0.0385 e. The number of hydrogen-bond donors (Lipinski definition) is 0. The van der Waals surface area contributed by atoms with Crippen LogP contribution in [0.4, 0.5) is 0 Å². The summed E-state index contributed by atoms with van der Waals surface area (Å²) < 4.78 is 0. The summed E-state index contributed by atoms with van der Waals surface area (Å²) in [4.78, 5) is 4.73. The van der Waals surface area contributed by atoms with Crippen molar-refractivity contribution in [3.63, 3.8) is 0 Å². The summed E-state index contributed by atoms with van der Waals surface area (Å²) in [7, 11) is 0. The molecule has 16 heavy (non-hydrogen) atoms. The van der Waals surface area contributed by atoms with Gasteiger partial charge in [0.15, 0.2) is 0 Å². The van der Waals surface area contributed by atoms with E-state index in [1.54, 1.807) is 0 Å². The molecule has 0 N–H and O–H groups in total. The Morgan fingerprint density at radius 2 is 1.12 bits per heavy atom. The van der Waals surface area contributed by atoms with Gasteiger partial charge in [0.1, 0.15) is 0 Å². The third-order valence-corrected chi connectivity index (χ3v) is 4.43. The van der Waals surface area contributed by atoms with Gasteiger partial charge in [0.2, 0.25) is 0 Å². The fraction of sp³-hybridized carbons (Fsp3) is 0.933. The van der Waals surface area contributed by atoms with Crippen LogP contribution in [0.15, 0.2) is 4.99 Å². The van der Waals surface area contributed by atoms with Crippen LogP contribution in [0.25, 0.3) is 0 Å². The van der Waals surface area contributed by atoms with Gasteiger partial charge in [-0.3, -0.25) is 4.99 Å². The van der Waals surface area contributed by atoms with Crippen LogP contribution in [0.1, 0.15) is 77.0 Å². The van der Waals surface area contributed by atoms with E-state index in [1.807, 2.05) is 0 Å². The Labute approximate surface area is 101 Å². The predicted octanol–water partition coefficient (Wildman–Crippen LogP) is 4.75. The largest absolute Gasteiger partial charge is 0.297 e. The third-order valence-electron chi connectivity index (χ3n) is 4.43. The van der Waals surface area contributed by atoms with Crippen LogP contribution in [-0.2, 0) is 0 Å². The van der Waals surface area contributed by atoms with E-state index in [1.165, 1.54) is 77.0 Å². The monoisotopic (exact) mass is 221 g/mol. The van der Waals surface area contributed by atoms with E-state index >= 15 is 0 Å². The standard InChI is InChI=1S/C15H27N/c1-2-4-9-13-16-14-15(10-6-3-1)11-7-5-8-12-15/h14H,1-13H2/b16-14+. The first-order valence-electron chi connectivity index (χ1n) is 7.42. The van der Waals surface area contributed by atoms with Crippen LogP contribution in [0.2, 0.25) is 0 Å². The van der Waals surface area contributed by atoms with Crippen molar-refractivity contribution >= 4 is 6.21 Å². The molecule has 0 amide bonds. The Hall–Kier alpha value is -0.330. The van der Waals surface area contributed by atoms with Gasteiger partial charge in [0.05, 0.1) is 0 Å². The van der Waals surface area contributed by atoms with E-state index in [4.69, 9.17) is 4.99 Å². The molecule has 1 fully saturated rings. The van der Waals surface area contributed by atoms with Gasteiger partial charge < -0.3 is 0 Å². The molecule has 1 saturated carbocycles. The molecule has 0 bridgehead atoms. The summed E-state index contributed by atoms with van der Waals surface area (Å²) in [5.41, 5.74) is 0.516. The van der Waals surface area contributed by atoms with Crippen molar-refractivity contribution in [1.82, 2.24) is 0 Å². The topological polar surface area (TPSA) is 12.4 Å². The maximum absolute atomic E-state index is 4.73. The second kappa shape index (κ2) is 6.42. The molecular formula is C15H27N. The Morgan fingerprint density at radius 3 is 1.81 bits per heavy atom. The molecule has 0 unspecified atom stereocenters. The van der Waals surface area contributed by atoms with Crippen molar-refractivity contribution in [3.05, 3.63) is 0 Å². The van der Waals surface area contributed by atoms with E-state index in [-0.39, 0.29) is 0 Å². The first kappa shape index (κ1) is 12.1. The van der Waals surface area contributed by atoms with Crippen molar-refractivity contribution in [2.24, 2.45) is 10.4 Å². The molecule has 1 heterocycles. The highest BCUT2D eigenvalue weighted by atomic mass is 14.7. The second-order valence-electron chi connectivity index (χ2n) is 5.83. The van der Waals surface area contributed by atoms with Gasteiger partial charge in [-0.1, -0.05) is 51.4 Å². The summed E-state index contributed by atoms with van der Waals surface area (Å²) in [6.45, 7) is 1.09. The zero-order valence-corrected chi connectivity index (χ0v) is 10.7. The maximum atomic E-state index is 4.73. The highest BCUT2D eigenvalue weighted by molar-refractivity contribution is 5.65. The highest BCUT2D eigenvalue weighted by Crippen LogP contribution is 2.39. The van der Waals surface area contributed by atoms with E-state index < -0.39 is 0 Å². The Balaban J connectivity index is 1.94. The highest BCUT2D eigenvalue weighted by Gasteiger charge is 2.29. The Kier molecular flexibility index (Phi) is 4.87. The van der Waals surface area contributed by atoms with Gasteiger partial charge in [-0.25, -0.2) is 0 Å². The molecule has 0 aromatic carbocycles. The zero-order chi connectivity index (χ0) is 11.1. The van der Waals surface area contributed by atoms with Gasteiger partial charge in [-0.15, -0.1) is 0 Å². The van der Waals surface area contributed by atoms with Crippen molar-refractivity contribution in [2.75, 3.05) is 6.54 Å². The molecule has 0 aromatic rings. The summed E-state index contributed by atoms with van der Waals surface area (Å²) >= 11 is 0. The summed E-state index contributed by atoms with van der Waals surface area (Å²) in [5.74, 6) is 0. The first-order valence-corrected chi connectivity index (χ1v) is 7.42. The van der Waals surface area contributed by atoms with Crippen molar-refractivity contribution in [2.45, 2.75) is 77.0 Å². The molecule has 0 atom stereocenters. The zero-order valence-electron chi connectivity index (χ0n) is 10.7. The minimum absolute atomic E-state index is 0.516. The normalized spacial score (nSPS) is 29.5. The molecule has 0 radical (unpaired) electrons. The van der Waals surface area contributed by atoms with Gasteiger partial charge in [0.25, 0.3) is 0 Å².